The van der Waals surface area contributed by atoms with Gasteiger partial charge in [0, 0.05) is 23.3 Å². The monoisotopic (exact) mass is 620 g/mol. The number of alkyl carbamates (subject to hydrolysis) is 1. The van der Waals surface area contributed by atoms with Gasteiger partial charge in [-0.2, -0.15) is 8.78 Å². The number of nitrogens with one attached hydrogen (secondary N) is 1. The van der Waals surface area contributed by atoms with Crippen LogP contribution in [-0.2, 0) is 20.2 Å². The van der Waals surface area contributed by atoms with Crippen molar-refractivity contribution in [2.45, 2.75) is 103 Å². The van der Waals surface area contributed by atoms with Gasteiger partial charge in [0.1, 0.15) is 24.0 Å². The van der Waals surface area contributed by atoms with Gasteiger partial charge in [-0.1, -0.05) is 45.7 Å². The first kappa shape index (κ1) is 31.3. The Morgan fingerprint density at radius 1 is 1.19 bits per heavy atom. The number of amides is 2. The Hall–Kier alpha value is -3.08. The van der Waals surface area contributed by atoms with E-state index >= 15 is 8.78 Å². The van der Waals surface area contributed by atoms with Gasteiger partial charge in [-0.15, -0.1) is 0 Å². The van der Waals surface area contributed by atoms with E-state index in [1.807, 2.05) is 34.6 Å². The van der Waals surface area contributed by atoms with E-state index in [0.29, 0.717) is 42.5 Å². The number of carbonyl (C=O) groups excluding carboxylic acids is 3. The summed E-state index contributed by atoms with van der Waals surface area (Å²) in [5, 5.41) is 3.13. The molecule has 1 saturated heterocycles. The molecule has 2 amide bonds. The third kappa shape index (κ3) is 6.28. The zero-order chi connectivity index (χ0) is 31.3. The second-order valence-electron chi connectivity index (χ2n) is 13.4. The third-order valence-corrected chi connectivity index (χ3v) is 9.34. The highest BCUT2D eigenvalue weighted by Gasteiger charge is 2.54. The highest BCUT2D eigenvalue weighted by Crippen LogP contribution is 2.50. The van der Waals surface area contributed by atoms with Crippen molar-refractivity contribution in [2.24, 2.45) is 17.3 Å². The fraction of sp³-hybridized carbons (Fsp3) is 0.645. The second kappa shape index (κ2) is 11.4. The largest absolute Gasteiger partial charge is 0.471 e. The average Bonchev–Trinajstić information content (AvgIpc) is 3.41. The summed E-state index contributed by atoms with van der Waals surface area (Å²) in [6.45, 7) is 9.02. The lowest BCUT2D eigenvalue weighted by molar-refractivity contribution is -0.139. The maximum atomic E-state index is 15.9. The molecule has 2 aromatic rings. The summed E-state index contributed by atoms with van der Waals surface area (Å²) >= 11 is 6.16. The summed E-state index contributed by atoms with van der Waals surface area (Å²) in [4.78, 5) is 49.6. The second-order valence-corrected chi connectivity index (χ2v) is 13.8. The molecule has 1 aromatic carbocycles. The van der Waals surface area contributed by atoms with Crippen molar-refractivity contribution in [1.82, 2.24) is 20.2 Å². The first-order valence-corrected chi connectivity index (χ1v) is 15.3. The Labute approximate surface area is 255 Å². The van der Waals surface area contributed by atoms with Crippen LogP contribution in [0, 0.1) is 17.3 Å². The fourth-order valence-corrected chi connectivity index (χ4v) is 6.58. The van der Waals surface area contributed by atoms with Crippen LogP contribution in [0.15, 0.2) is 18.2 Å². The van der Waals surface area contributed by atoms with Crippen LogP contribution in [-0.4, -0.2) is 63.5 Å². The fourth-order valence-electron chi connectivity index (χ4n) is 6.41. The number of nitrogens with zero attached hydrogens (tertiary/aromatic N) is 3. The van der Waals surface area contributed by atoms with Crippen LogP contribution in [0.3, 0.4) is 0 Å². The SMILES string of the molecule is CC[C@@H]1[C@@H]2CN(C(=O)[C@H](C(C)(C)C)NC(=O)O[C@]3(C)C[C@H]3CCCCC(F)(F)c3nc4ccc(Cl)cc4nc3O2)[C@@H]1C=O. The van der Waals surface area contributed by atoms with Gasteiger partial charge in [-0.05, 0) is 56.2 Å². The number of fused-ring (bicyclic) bond motifs is 5. The lowest BCUT2D eigenvalue weighted by atomic mass is 9.85. The molecular formula is C31H39ClF2N4O5. The van der Waals surface area contributed by atoms with Crippen molar-refractivity contribution in [3.8, 4) is 5.88 Å². The number of hydrogen-bond acceptors (Lipinski definition) is 7. The van der Waals surface area contributed by atoms with Crippen LogP contribution in [0.1, 0.15) is 78.8 Å². The van der Waals surface area contributed by atoms with Crippen molar-refractivity contribution < 1.29 is 32.6 Å². The summed E-state index contributed by atoms with van der Waals surface area (Å²) in [7, 11) is 0. The van der Waals surface area contributed by atoms with Gasteiger partial charge in [0.05, 0.1) is 23.6 Å². The molecule has 43 heavy (non-hydrogen) atoms. The number of ether oxygens (including phenoxy) is 2. The van der Waals surface area contributed by atoms with Gasteiger partial charge in [0.2, 0.25) is 11.8 Å². The van der Waals surface area contributed by atoms with E-state index < -0.39 is 65.2 Å². The maximum Gasteiger partial charge on any atom is 0.408 e. The van der Waals surface area contributed by atoms with E-state index in [4.69, 9.17) is 21.1 Å². The molecule has 1 N–H and O–H groups in total. The van der Waals surface area contributed by atoms with Gasteiger partial charge in [0.25, 0.3) is 5.92 Å². The molecule has 3 aliphatic rings. The number of carbonyl (C=O) groups is 3. The summed E-state index contributed by atoms with van der Waals surface area (Å²) < 4.78 is 43.7. The molecule has 0 spiro atoms. The Morgan fingerprint density at radius 3 is 2.60 bits per heavy atom. The van der Waals surface area contributed by atoms with Crippen LogP contribution in [0.4, 0.5) is 13.6 Å². The number of aldehydes is 1. The first-order valence-electron chi connectivity index (χ1n) is 14.9. The molecule has 234 valence electrons. The van der Waals surface area contributed by atoms with Crippen LogP contribution < -0.4 is 10.1 Å². The maximum absolute atomic E-state index is 15.9. The molecule has 0 radical (unpaired) electrons. The Balaban J connectivity index is 1.58. The Bertz CT molecular complexity index is 1420. The molecule has 2 aliphatic heterocycles. The smallest absolute Gasteiger partial charge is 0.408 e. The molecule has 0 unspecified atom stereocenters. The summed E-state index contributed by atoms with van der Waals surface area (Å²) in [6.07, 6.45) is 1.02. The predicted octanol–water partition coefficient (Wildman–Crippen LogP) is 6.05. The van der Waals surface area contributed by atoms with Gasteiger partial charge in [0.15, 0.2) is 5.69 Å². The van der Waals surface area contributed by atoms with E-state index in [1.54, 1.807) is 6.07 Å². The minimum Gasteiger partial charge on any atom is -0.471 e. The zero-order valence-corrected chi connectivity index (χ0v) is 25.9. The zero-order valence-electron chi connectivity index (χ0n) is 25.2. The minimum atomic E-state index is -3.36. The van der Waals surface area contributed by atoms with E-state index in [9.17, 15) is 14.4 Å². The standard InChI is InChI=1S/C31H39ClF2N4O5/c1-6-19-22(16-39)38-15-23(19)42-26-24(35-20-11-10-18(32)13-21(20)36-26)31(33,34)12-8-7-9-17-14-30(17,5)43-28(41)37-25(27(38)40)29(2,3)4/h10-11,13,16-17,19,22-23,25H,6-9,12,14-15H2,1-5H3,(H,37,41)/t17-,19+,22-,23+,25-,30-/m1/s1. The van der Waals surface area contributed by atoms with Gasteiger partial charge < -0.3 is 24.5 Å². The molecule has 12 heteroatoms. The molecule has 2 bridgehead atoms. The number of halogens is 3. The molecule has 6 atom stereocenters. The predicted molar refractivity (Wildman–Crippen MR) is 156 cm³/mol. The summed E-state index contributed by atoms with van der Waals surface area (Å²) in [6, 6.07) is 2.71. The van der Waals surface area contributed by atoms with Crippen molar-refractivity contribution in [1.29, 1.82) is 0 Å². The molecule has 2 fully saturated rings. The van der Waals surface area contributed by atoms with E-state index in [2.05, 4.69) is 15.3 Å². The number of benzene rings is 1. The normalized spacial score (nSPS) is 31.5. The lowest BCUT2D eigenvalue weighted by Gasteiger charge is -2.35. The number of aromatic nitrogens is 2. The highest BCUT2D eigenvalue weighted by atomic mass is 35.5. The Kier molecular flexibility index (Phi) is 8.35. The van der Waals surface area contributed by atoms with Crippen LogP contribution >= 0.6 is 11.6 Å². The van der Waals surface area contributed by atoms with Crippen LogP contribution in [0.2, 0.25) is 5.02 Å². The van der Waals surface area contributed by atoms with Crippen LogP contribution in [0.25, 0.3) is 11.0 Å². The molecule has 1 aliphatic carbocycles. The molecule has 5 rings (SSSR count). The number of hydrogen-bond donors (Lipinski definition) is 1. The molecule has 1 saturated carbocycles. The number of rotatable bonds is 2. The molecular weight excluding hydrogens is 582 g/mol. The Morgan fingerprint density at radius 2 is 1.93 bits per heavy atom. The van der Waals surface area contributed by atoms with Crippen molar-refractivity contribution >= 4 is 40.9 Å². The molecule has 1 aromatic heterocycles. The highest BCUT2D eigenvalue weighted by molar-refractivity contribution is 6.31. The van der Waals surface area contributed by atoms with Crippen molar-refractivity contribution in [3.05, 3.63) is 28.9 Å². The quantitative estimate of drug-likeness (QED) is 0.407. The van der Waals surface area contributed by atoms with Crippen molar-refractivity contribution in [3.63, 3.8) is 0 Å². The molecule has 3 heterocycles. The summed E-state index contributed by atoms with van der Waals surface area (Å²) in [5.74, 6) is -4.66. The molecule has 9 nitrogen and oxygen atoms in total. The van der Waals surface area contributed by atoms with E-state index in [1.165, 1.54) is 17.0 Å². The minimum absolute atomic E-state index is 0.0303. The van der Waals surface area contributed by atoms with Crippen molar-refractivity contribution in [2.75, 3.05) is 6.54 Å². The van der Waals surface area contributed by atoms with Gasteiger partial charge in [-0.3, -0.25) is 4.79 Å². The number of alkyl halides is 2. The third-order valence-electron chi connectivity index (χ3n) is 9.10. The van der Waals surface area contributed by atoms with E-state index in [0.717, 1.165) is 0 Å². The van der Waals surface area contributed by atoms with Crippen LogP contribution in [0.5, 0.6) is 5.88 Å². The topological polar surface area (TPSA) is 111 Å². The lowest BCUT2D eigenvalue weighted by Crippen LogP contribution is -2.56. The summed E-state index contributed by atoms with van der Waals surface area (Å²) in [5.41, 5.74) is -1.49. The van der Waals surface area contributed by atoms with Gasteiger partial charge in [-0.25, -0.2) is 14.8 Å². The average molecular weight is 621 g/mol. The first-order chi connectivity index (χ1) is 20.2. The van der Waals surface area contributed by atoms with Gasteiger partial charge >= 0.3 is 6.09 Å². The van der Waals surface area contributed by atoms with E-state index in [-0.39, 0.29) is 30.3 Å².